The van der Waals surface area contributed by atoms with Crippen LogP contribution in [-0.2, 0) is 43.2 Å². The average molecular weight is 808 g/mol. The van der Waals surface area contributed by atoms with Crippen LogP contribution >= 0.6 is 0 Å². The van der Waals surface area contributed by atoms with E-state index in [9.17, 15) is 9.90 Å². The van der Waals surface area contributed by atoms with Crippen LogP contribution in [0.25, 0.3) is 44.1 Å². The van der Waals surface area contributed by atoms with E-state index in [4.69, 9.17) is 9.40 Å². The number of benzene rings is 2. The molecule has 3 aromatic heterocycles. The number of hydrogen-bond donors (Lipinski definition) is 1. The summed E-state index contributed by atoms with van der Waals surface area (Å²) in [4.78, 5) is 21.1. The van der Waals surface area contributed by atoms with Crippen LogP contribution in [0.4, 0.5) is 0 Å². The number of nitrogens with zero attached hydrogens (tertiary/aromatic N) is 2. The van der Waals surface area contributed by atoms with Gasteiger partial charge in [0.25, 0.3) is 0 Å². The van der Waals surface area contributed by atoms with Crippen LogP contribution in [0.15, 0.2) is 77.2 Å². The minimum atomic E-state index is 0. The van der Waals surface area contributed by atoms with Gasteiger partial charge in [-0.3, -0.25) is 14.8 Å². The number of furan rings is 1. The molecule has 5 nitrogen and oxygen atoms in total. The van der Waals surface area contributed by atoms with Gasteiger partial charge in [0.15, 0.2) is 5.78 Å². The summed E-state index contributed by atoms with van der Waals surface area (Å²) in [6.45, 7) is 14.8. The van der Waals surface area contributed by atoms with Gasteiger partial charge in [0, 0.05) is 84.7 Å². The number of ketones is 1. The van der Waals surface area contributed by atoms with Crippen LogP contribution in [-0.4, -0.2) is 20.9 Å². The Labute approximate surface area is 293 Å². The number of fused-ring (bicyclic) bond motifs is 6. The van der Waals surface area contributed by atoms with Gasteiger partial charge in [-0.05, 0) is 49.7 Å². The van der Waals surface area contributed by atoms with Gasteiger partial charge in [-0.25, -0.2) is 0 Å². The van der Waals surface area contributed by atoms with Gasteiger partial charge < -0.3 is 9.52 Å². The van der Waals surface area contributed by atoms with Crippen molar-refractivity contribution in [3.8, 4) is 22.4 Å². The van der Waals surface area contributed by atoms with Crippen LogP contribution in [0.5, 0.6) is 0 Å². The zero-order chi connectivity index (χ0) is 33.0. The molecule has 0 saturated heterocycles. The molecule has 1 radical (unpaired) electrons. The molecule has 1 N–H and O–H groups in total. The van der Waals surface area contributed by atoms with Crippen molar-refractivity contribution in [2.24, 2.45) is 11.8 Å². The Morgan fingerprint density at radius 1 is 0.915 bits per heavy atom. The van der Waals surface area contributed by atoms with Gasteiger partial charge in [-0.2, -0.15) is 0 Å². The van der Waals surface area contributed by atoms with E-state index in [1.54, 1.807) is 0 Å². The van der Waals surface area contributed by atoms with Gasteiger partial charge in [-0.15, -0.1) is 29.1 Å². The van der Waals surface area contributed by atoms with Crippen LogP contribution in [0, 0.1) is 17.9 Å². The standard InChI is InChI=1S/C28H23N2O.C13H24O2.Ir/c1-28(2,3)22-16-18(15-17-7-4-5-8-19(17)22)26-27-21(12-14-30-26)25-20-9-6-13-29-23(20)10-11-24(25)31-27;1-5-10(6-2)12(14)9-13(15)11(7-3)8-4;/h4-9,12-14,16H,10-11H2,1-3H3;9-11,14H,5-8H2,1-4H3;/q-1;;/b;12-9-;. The summed E-state index contributed by atoms with van der Waals surface area (Å²) >= 11 is 0. The van der Waals surface area contributed by atoms with Crippen molar-refractivity contribution in [2.45, 2.75) is 92.4 Å². The Morgan fingerprint density at radius 2 is 1.62 bits per heavy atom. The maximum absolute atomic E-state index is 11.7. The van der Waals surface area contributed by atoms with Gasteiger partial charge in [0.1, 0.15) is 11.3 Å². The third-order valence-electron chi connectivity index (χ3n) is 9.35. The first-order valence-electron chi connectivity index (χ1n) is 16.9. The molecule has 6 rings (SSSR count). The fourth-order valence-corrected chi connectivity index (χ4v) is 6.59. The summed E-state index contributed by atoms with van der Waals surface area (Å²) < 4.78 is 6.46. The third kappa shape index (κ3) is 7.60. The van der Waals surface area contributed by atoms with Gasteiger partial charge in [0.2, 0.25) is 0 Å². The summed E-state index contributed by atoms with van der Waals surface area (Å²) in [7, 11) is 0. The number of aryl methyl sites for hydroxylation is 2. The van der Waals surface area contributed by atoms with Gasteiger partial charge in [0.05, 0.1) is 5.76 Å². The number of carbonyl (C=O) groups is 1. The molecule has 3 heterocycles. The van der Waals surface area contributed by atoms with Crippen molar-refractivity contribution in [1.82, 2.24) is 9.97 Å². The largest absolute Gasteiger partial charge is 0.512 e. The van der Waals surface area contributed by atoms with Crippen molar-refractivity contribution >= 4 is 27.5 Å². The Kier molecular flexibility index (Phi) is 12.0. The van der Waals surface area contributed by atoms with E-state index in [1.807, 2.05) is 46.2 Å². The summed E-state index contributed by atoms with van der Waals surface area (Å²) in [5, 5.41) is 13.2. The first kappa shape index (κ1) is 36.2. The van der Waals surface area contributed by atoms with Crippen LogP contribution in [0.3, 0.4) is 0 Å². The molecule has 47 heavy (non-hydrogen) atoms. The molecule has 1 aliphatic carbocycles. The molecule has 249 valence electrons. The molecule has 0 spiro atoms. The molecule has 6 heteroatoms. The number of allylic oxidation sites excluding steroid dienone is 2. The SMILES string of the molecule is CC(C)(C)c1cc(-c2nccc3c4c(oc23)CCc2ncccc2-4)[c-]c2ccccc12.CCC(CC)C(=O)/C=C(\O)C(CC)CC.[Ir]. The molecule has 0 bridgehead atoms. The zero-order valence-electron chi connectivity index (χ0n) is 28.7. The first-order chi connectivity index (χ1) is 22.1. The number of pyridine rings is 2. The van der Waals surface area contributed by atoms with Crippen molar-refractivity contribution in [2.75, 3.05) is 0 Å². The molecule has 2 aromatic carbocycles. The van der Waals surface area contributed by atoms with Gasteiger partial charge >= 0.3 is 0 Å². The van der Waals surface area contributed by atoms with Crippen molar-refractivity contribution in [1.29, 1.82) is 0 Å². The maximum Gasteiger partial charge on any atom is 0.162 e. The molecule has 0 atom stereocenters. The average Bonchev–Trinajstić information content (AvgIpc) is 3.45. The molecule has 0 saturated carbocycles. The predicted molar refractivity (Wildman–Crippen MR) is 189 cm³/mol. The Balaban J connectivity index is 0.000000269. The molecular formula is C41H47IrN2O3-. The smallest absolute Gasteiger partial charge is 0.162 e. The Hall–Kier alpha value is -3.60. The third-order valence-corrected chi connectivity index (χ3v) is 9.35. The van der Waals surface area contributed by atoms with Crippen LogP contribution in [0.1, 0.15) is 91.2 Å². The summed E-state index contributed by atoms with van der Waals surface area (Å²) in [6.07, 6.45) is 10.4. The topological polar surface area (TPSA) is 76.2 Å². The fraction of sp³-hybridized carbons (Fsp3) is 0.390. The zero-order valence-corrected chi connectivity index (χ0v) is 31.1. The van der Waals surface area contributed by atoms with E-state index < -0.39 is 0 Å². The second kappa shape index (κ2) is 15.5. The van der Waals surface area contributed by atoms with E-state index in [1.165, 1.54) is 28.2 Å². The number of carbonyl (C=O) groups excluding carboxylic acids is 1. The summed E-state index contributed by atoms with van der Waals surface area (Å²) in [6, 6.07) is 20.5. The minimum Gasteiger partial charge on any atom is -0.512 e. The fourth-order valence-electron chi connectivity index (χ4n) is 6.59. The maximum atomic E-state index is 11.7. The van der Waals surface area contributed by atoms with Crippen LogP contribution in [0.2, 0.25) is 0 Å². The minimum absolute atomic E-state index is 0. The number of aliphatic hydroxyl groups excluding tert-OH is 1. The summed E-state index contributed by atoms with van der Waals surface area (Å²) in [5.74, 6) is 1.58. The normalized spacial score (nSPS) is 12.8. The van der Waals surface area contributed by atoms with E-state index in [0.717, 1.165) is 77.6 Å². The van der Waals surface area contributed by atoms with Crippen LogP contribution < -0.4 is 0 Å². The first-order valence-corrected chi connectivity index (χ1v) is 16.9. The summed E-state index contributed by atoms with van der Waals surface area (Å²) in [5.41, 5.74) is 7.47. The number of hydrogen-bond acceptors (Lipinski definition) is 5. The molecule has 0 aliphatic heterocycles. The molecule has 0 fully saturated rings. The molecular weight excluding hydrogens is 761 g/mol. The Morgan fingerprint density at radius 3 is 2.30 bits per heavy atom. The number of aliphatic hydroxyl groups is 1. The second-order valence-electron chi connectivity index (χ2n) is 13.3. The van der Waals surface area contributed by atoms with Gasteiger partial charge in [-0.1, -0.05) is 83.7 Å². The van der Waals surface area contributed by atoms with Crippen molar-refractivity contribution in [3.05, 3.63) is 95.8 Å². The van der Waals surface area contributed by atoms with E-state index in [0.29, 0.717) is 0 Å². The monoisotopic (exact) mass is 808 g/mol. The Bertz CT molecular complexity index is 1870. The number of aromatic nitrogens is 2. The number of rotatable bonds is 8. The predicted octanol–water partition coefficient (Wildman–Crippen LogP) is 10.8. The second-order valence-corrected chi connectivity index (χ2v) is 13.3. The molecule has 5 aromatic rings. The van der Waals surface area contributed by atoms with E-state index >= 15 is 0 Å². The molecule has 0 amide bonds. The van der Waals surface area contributed by atoms with Crippen molar-refractivity contribution in [3.63, 3.8) is 0 Å². The van der Waals surface area contributed by atoms with E-state index in [-0.39, 0.29) is 48.9 Å². The molecule has 0 unspecified atom stereocenters. The quantitative estimate of drug-likeness (QED) is 0.0960. The van der Waals surface area contributed by atoms with Crippen molar-refractivity contribution < 1.29 is 34.4 Å². The van der Waals surface area contributed by atoms with E-state index in [2.05, 4.69) is 74.3 Å². The molecule has 1 aliphatic rings.